The number of benzene rings is 1. The van der Waals surface area contributed by atoms with Crippen molar-refractivity contribution in [1.82, 2.24) is 0 Å². The maximum Gasteiger partial charge on any atom is 0.155 e. The molecule has 0 fully saturated rings. The standard InChI is InChI=1S/C15H19NOS/c1-4-5-8-16-13-9-11(2)6-7-14(13)18-15(16)10-12(3)17/h6-7,9-10H,4-5,8H2,1-3H3. The molecule has 96 valence electrons. The lowest BCUT2D eigenvalue weighted by Gasteiger charge is -2.20. The number of carbonyl (C=O) groups is 1. The van der Waals surface area contributed by atoms with Gasteiger partial charge in [0.05, 0.1) is 10.7 Å². The Morgan fingerprint density at radius 2 is 2.22 bits per heavy atom. The van der Waals surface area contributed by atoms with Crippen LogP contribution in [-0.2, 0) is 4.79 Å². The van der Waals surface area contributed by atoms with E-state index in [1.54, 1.807) is 24.8 Å². The van der Waals surface area contributed by atoms with Crippen molar-refractivity contribution in [3.05, 3.63) is 34.9 Å². The molecule has 2 rings (SSSR count). The second-order valence-corrected chi connectivity index (χ2v) is 5.73. The number of anilines is 1. The van der Waals surface area contributed by atoms with Crippen LogP contribution in [0.2, 0.25) is 0 Å². The molecule has 18 heavy (non-hydrogen) atoms. The topological polar surface area (TPSA) is 20.3 Å². The van der Waals surface area contributed by atoms with Crippen LogP contribution in [0.1, 0.15) is 32.3 Å². The molecular weight excluding hydrogens is 242 g/mol. The number of allylic oxidation sites excluding steroid dienone is 1. The molecule has 2 nitrogen and oxygen atoms in total. The highest BCUT2D eigenvalue weighted by atomic mass is 32.2. The number of thioether (sulfide) groups is 1. The van der Waals surface area contributed by atoms with E-state index in [0.717, 1.165) is 24.4 Å². The zero-order valence-corrected chi connectivity index (χ0v) is 12.0. The maximum atomic E-state index is 11.3. The summed E-state index contributed by atoms with van der Waals surface area (Å²) in [5.41, 5.74) is 2.51. The van der Waals surface area contributed by atoms with Gasteiger partial charge in [0.2, 0.25) is 0 Å². The van der Waals surface area contributed by atoms with Crippen LogP contribution in [0, 0.1) is 6.92 Å². The molecule has 1 aromatic rings. The number of ketones is 1. The molecule has 0 saturated heterocycles. The smallest absolute Gasteiger partial charge is 0.155 e. The van der Waals surface area contributed by atoms with E-state index in [1.807, 2.05) is 0 Å². The van der Waals surface area contributed by atoms with Gasteiger partial charge in [-0.05, 0) is 38.0 Å². The van der Waals surface area contributed by atoms with Gasteiger partial charge >= 0.3 is 0 Å². The summed E-state index contributed by atoms with van der Waals surface area (Å²) in [6.45, 7) is 6.89. The molecule has 0 radical (unpaired) electrons. The molecule has 0 aromatic heterocycles. The molecule has 0 saturated carbocycles. The average Bonchev–Trinajstić information content (AvgIpc) is 2.62. The van der Waals surface area contributed by atoms with Crippen LogP contribution in [0.15, 0.2) is 34.2 Å². The molecular formula is C15H19NOS. The summed E-state index contributed by atoms with van der Waals surface area (Å²) in [6, 6.07) is 6.48. The van der Waals surface area contributed by atoms with Gasteiger partial charge in [-0.25, -0.2) is 0 Å². The normalized spacial score (nSPS) is 16.2. The summed E-state index contributed by atoms with van der Waals surface area (Å²) >= 11 is 1.70. The van der Waals surface area contributed by atoms with Gasteiger partial charge in [-0.15, -0.1) is 0 Å². The highest BCUT2D eigenvalue weighted by molar-refractivity contribution is 8.03. The minimum atomic E-state index is 0.114. The highest BCUT2D eigenvalue weighted by Crippen LogP contribution is 2.46. The molecule has 1 heterocycles. The lowest BCUT2D eigenvalue weighted by molar-refractivity contribution is -0.112. The molecule has 0 unspecified atom stereocenters. The second kappa shape index (κ2) is 5.61. The molecule has 0 amide bonds. The van der Waals surface area contributed by atoms with Crippen molar-refractivity contribution in [1.29, 1.82) is 0 Å². The number of fused-ring (bicyclic) bond motifs is 1. The van der Waals surface area contributed by atoms with Crippen molar-refractivity contribution in [2.75, 3.05) is 11.4 Å². The first kappa shape index (κ1) is 13.2. The number of hydrogen-bond donors (Lipinski definition) is 0. The molecule has 0 N–H and O–H groups in total. The fraction of sp³-hybridized carbons (Fsp3) is 0.400. The van der Waals surface area contributed by atoms with E-state index in [-0.39, 0.29) is 5.78 Å². The maximum absolute atomic E-state index is 11.3. The molecule has 0 aliphatic carbocycles. The molecule has 0 atom stereocenters. The van der Waals surface area contributed by atoms with Gasteiger partial charge in [0.1, 0.15) is 0 Å². The van der Waals surface area contributed by atoms with Crippen LogP contribution < -0.4 is 4.90 Å². The van der Waals surface area contributed by atoms with Crippen LogP contribution in [0.3, 0.4) is 0 Å². The summed E-state index contributed by atoms with van der Waals surface area (Å²) in [5.74, 6) is 0.114. The first-order chi connectivity index (χ1) is 8.61. The number of unbranched alkanes of at least 4 members (excludes halogenated alkanes) is 1. The van der Waals surface area contributed by atoms with Gasteiger partial charge in [0.25, 0.3) is 0 Å². The molecule has 1 aromatic carbocycles. The van der Waals surface area contributed by atoms with Crippen LogP contribution in [-0.4, -0.2) is 12.3 Å². The zero-order chi connectivity index (χ0) is 13.1. The quantitative estimate of drug-likeness (QED) is 0.760. The Morgan fingerprint density at radius 3 is 2.89 bits per heavy atom. The summed E-state index contributed by atoms with van der Waals surface area (Å²) < 4.78 is 0. The Balaban J connectivity index is 2.35. The van der Waals surface area contributed by atoms with Gasteiger partial charge in [-0.1, -0.05) is 31.2 Å². The number of hydrogen-bond acceptors (Lipinski definition) is 3. The third-order valence-corrected chi connectivity index (χ3v) is 4.06. The average molecular weight is 261 g/mol. The van der Waals surface area contributed by atoms with E-state index in [0.29, 0.717) is 0 Å². The van der Waals surface area contributed by atoms with Crippen molar-refractivity contribution in [3.63, 3.8) is 0 Å². The van der Waals surface area contributed by atoms with Gasteiger partial charge < -0.3 is 4.90 Å². The van der Waals surface area contributed by atoms with Gasteiger partial charge in [-0.3, -0.25) is 4.79 Å². The Kier molecular flexibility index (Phi) is 4.12. The second-order valence-electron chi connectivity index (χ2n) is 4.67. The van der Waals surface area contributed by atoms with Crippen molar-refractivity contribution in [2.45, 2.75) is 38.5 Å². The highest BCUT2D eigenvalue weighted by Gasteiger charge is 2.24. The monoisotopic (exact) mass is 261 g/mol. The molecule has 1 aliphatic rings. The van der Waals surface area contributed by atoms with E-state index in [1.165, 1.54) is 16.1 Å². The Labute approximate surface area is 113 Å². The largest absolute Gasteiger partial charge is 0.335 e. The summed E-state index contributed by atoms with van der Waals surface area (Å²) in [4.78, 5) is 14.9. The number of carbonyl (C=O) groups excluding carboxylic acids is 1. The lowest BCUT2D eigenvalue weighted by Crippen LogP contribution is -2.19. The number of nitrogens with zero attached hydrogens (tertiary/aromatic N) is 1. The van der Waals surface area contributed by atoms with Gasteiger partial charge in [0, 0.05) is 17.5 Å². The van der Waals surface area contributed by atoms with Crippen LogP contribution in [0.4, 0.5) is 5.69 Å². The molecule has 0 spiro atoms. The van der Waals surface area contributed by atoms with E-state index in [2.05, 4.69) is 36.9 Å². The Hall–Kier alpha value is -1.22. The number of rotatable bonds is 4. The minimum Gasteiger partial charge on any atom is -0.335 e. The van der Waals surface area contributed by atoms with Crippen LogP contribution in [0.25, 0.3) is 0 Å². The third kappa shape index (κ3) is 2.78. The van der Waals surface area contributed by atoms with Crippen molar-refractivity contribution < 1.29 is 4.79 Å². The van der Waals surface area contributed by atoms with E-state index >= 15 is 0 Å². The van der Waals surface area contributed by atoms with Crippen LogP contribution in [0.5, 0.6) is 0 Å². The Bertz CT molecular complexity index is 493. The van der Waals surface area contributed by atoms with Gasteiger partial charge in [0.15, 0.2) is 5.78 Å². The summed E-state index contributed by atoms with van der Waals surface area (Å²) in [7, 11) is 0. The fourth-order valence-corrected chi connectivity index (χ4v) is 3.20. The summed E-state index contributed by atoms with van der Waals surface area (Å²) in [6.07, 6.45) is 4.05. The Morgan fingerprint density at radius 1 is 1.44 bits per heavy atom. The van der Waals surface area contributed by atoms with Crippen molar-refractivity contribution >= 4 is 23.2 Å². The van der Waals surface area contributed by atoms with E-state index in [9.17, 15) is 4.79 Å². The SMILES string of the molecule is CCCCN1C(=CC(C)=O)Sc2ccc(C)cc21. The van der Waals surface area contributed by atoms with Gasteiger partial charge in [-0.2, -0.15) is 0 Å². The minimum absolute atomic E-state index is 0.114. The van der Waals surface area contributed by atoms with Crippen molar-refractivity contribution in [3.8, 4) is 0 Å². The van der Waals surface area contributed by atoms with E-state index in [4.69, 9.17) is 0 Å². The first-order valence-electron chi connectivity index (χ1n) is 6.40. The number of aryl methyl sites for hydroxylation is 1. The molecule has 3 heteroatoms. The fourth-order valence-electron chi connectivity index (χ4n) is 2.04. The van der Waals surface area contributed by atoms with E-state index < -0.39 is 0 Å². The molecule has 1 aliphatic heterocycles. The first-order valence-corrected chi connectivity index (χ1v) is 7.21. The summed E-state index contributed by atoms with van der Waals surface area (Å²) in [5, 5.41) is 1.07. The zero-order valence-electron chi connectivity index (χ0n) is 11.2. The predicted octanol–water partition coefficient (Wildman–Crippen LogP) is 4.14. The third-order valence-electron chi connectivity index (χ3n) is 2.95. The van der Waals surface area contributed by atoms with Crippen molar-refractivity contribution in [2.24, 2.45) is 0 Å². The predicted molar refractivity (Wildman–Crippen MR) is 78.1 cm³/mol. The van der Waals surface area contributed by atoms with Crippen LogP contribution >= 0.6 is 11.8 Å². The lowest BCUT2D eigenvalue weighted by atomic mass is 10.2. The molecule has 0 bridgehead atoms.